The molecule has 14 heavy (non-hydrogen) atoms. The van der Waals surface area contributed by atoms with E-state index >= 15 is 0 Å². The van der Waals surface area contributed by atoms with Gasteiger partial charge in [0.05, 0.1) is 0 Å². The minimum absolute atomic E-state index is 0.931. The summed E-state index contributed by atoms with van der Waals surface area (Å²) in [5.41, 5.74) is 0. The second kappa shape index (κ2) is 6.68. The van der Waals surface area contributed by atoms with Crippen molar-refractivity contribution in [3.05, 3.63) is 30.3 Å². The molecule has 0 aliphatic heterocycles. The van der Waals surface area contributed by atoms with Gasteiger partial charge in [-0.25, -0.2) is 0 Å². The molecule has 1 aromatic rings. The van der Waals surface area contributed by atoms with Crippen LogP contribution in [-0.4, -0.2) is 12.3 Å². The summed E-state index contributed by atoms with van der Waals surface area (Å²) < 4.78 is 1.62. The zero-order chi connectivity index (χ0) is 10.4. The Bertz CT molecular complexity index is 305. The summed E-state index contributed by atoms with van der Waals surface area (Å²) in [6, 6.07) is 10.9. The van der Waals surface area contributed by atoms with Crippen molar-refractivity contribution in [3.63, 3.8) is 0 Å². The molecular weight excluding hydrogens is 416 g/mol. The number of hydrogen-bond acceptors (Lipinski definition) is 2. The molecule has 0 unspecified atom stereocenters. The van der Waals surface area contributed by atoms with E-state index in [1.165, 1.54) is 12.3 Å². The van der Waals surface area contributed by atoms with Gasteiger partial charge in [-0.05, 0) is 0 Å². The molecule has 0 N–H and O–H groups in total. The Labute approximate surface area is 107 Å². The Morgan fingerprint density at radius 3 is 2.29 bits per heavy atom. The van der Waals surface area contributed by atoms with E-state index in [2.05, 4.69) is 52.0 Å². The van der Waals surface area contributed by atoms with Crippen molar-refractivity contribution in [2.75, 3.05) is 12.3 Å². The summed E-state index contributed by atoms with van der Waals surface area (Å²) in [6.45, 7) is 4.52. The fourth-order valence-corrected chi connectivity index (χ4v) is 38.5. The quantitative estimate of drug-likeness (QED) is 0.518. The van der Waals surface area contributed by atoms with Crippen molar-refractivity contribution < 1.29 is 23.1 Å². The third-order valence-corrected chi connectivity index (χ3v) is 45.1. The molecule has 0 aliphatic carbocycles. The van der Waals surface area contributed by atoms with E-state index in [0.29, 0.717) is 0 Å². The summed E-state index contributed by atoms with van der Waals surface area (Å²) in [6.07, 6.45) is 2.46. The van der Waals surface area contributed by atoms with Crippen LogP contribution in [0, 0.1) is 0 Å². The van der Waals surface area contributed by atoms with Gasteiger partial charge >= 0.3 is 108 Å². The second-order valence-corrected chi connectivity index (χ2v) is 27.9. The molecule has 0 heterocycles. The number of benzene rings is 1. The summed E-state index contributed by atoms with van der Waals surface area (Å²) in [5.74, 6) is 0. The summed E-state index contributed by atoms with van der Waals surface area (Å²) in [5, 5.41) is -0.998. The first-order valence-electron chi connectivity index (χ1n) is 4.96. The van der Waals surface area contributed by atoms with Crippen LogP contribution in [0.3, 0.4) is 0 Å². The van der Waals surface area contributed by atoms with Crippen molar-refractivity contribution in [3.8, 4) is 0 Å². The molecule has 0 aromatic heterocycles. The van der Waals surface area contributed by atoms with Crippen molar-refractivity contribution >= 4 is 28.0 Å². The molecule has 0 saturated carbocycles. The van der Waals surface area contributed by atoms with Crippen molar-refractivity contribution in [2.24, 2.45) is 0 Å². The Hall–Kier alpha value is 1.16. The van der Waals surface area contributed by atoms with E-state index in [1.807, 2.05) is 0 Å². The zero-order valence-electron chi connectivity index (χ0n) is 8.77. The van der Waals surface area contributed by atoms with E-state index in [0.717, 1.165) is 0 Å². The molecule has 0 spiro atoms. The van der Waals surface area contributed by atoms with Gasteiger partial charge in [0.1, 0.15) is 0 Å². The van der Waals surface area contributed by atoms with E-state index in [-0.39, 0.29) is 0 Å². The SMILES string of the molecule is CCP(=S)(CC)[S][Hg][c]1ccccc1. The maximum atomic E-state index is 5.73. The fraction of sp³-hybridized carbons (Fsp3) is 0.400. The van der Waals surface area contributed by atoms with Crippen LogP contribution in [0.15, 0.2) is 30.3 Å². The van der Waals surface area contributed by atoms with Crippen molar-refractivity contribution in [1.82, 2.24) is 0 Å². The first-order valence-corrected chi connectivity index (χ1v) is 19.2. The third-order valence-electron chi connectivity index (χ3n) is 2.27. The zero-order valence-corrected chi connectivity index (χ0v) is 16.8. The van der Waals surface area contributed by atoms with Gasteiger partial charge in [-0.2, -0.15) is 0 Å². The molecule has 0 aliphatic rings. The second-order valence-electron chi connectivity index (χ2n) is 3.21. The Morgan fingerprint density at radius 1 is 1.21 bits per heavy atom. The van der Waals surface area contributed by atoms with Gasteiger partial charge in [-0.3, -0.25) is 0 Å². The van der Waals surface area contributed by atoms with Gasteiger partial charge in [0.2, 0.25) is 0 Å². The summed E-state index contributed by atoms with van der Waals surface area (Å²) in [4.78, 5) is 0. The van der Waals surface area contributed by atoms with Gasteiger partial charge in [0.15, 0.2) is 0 Å². The molecule has 0 bridgehead atoms. The first-order chi connectivity index (χ1) is 6.70. The van der Waals surface area contributed by atoms with Gasteiger partial charge in [-0.1, -0.05) is 0 Å². The Balaban J connectivity index is 2.52. The molecule has 0 saturated heterocycles. The van der Waals surface area contributed by atoms with Crippen LogP contribution in [0.5, 0.6) is 0 Å². The van der Waals surface area contributed by atoms with Gasteiger partial charge in [0.25, 0.3) is 0 Å². The van der Waals surface area contributed by atoms with Gasteiger partial charge < -0.3 is 0 Å². The predicted molar refractivity (Wildman–Crippen MR) is 69.0 cm³/mol. The maximum absolute atomic E-state index is 5.73. The molecular formula is C10H15HgPS2. The van der Waals surface area contributed by atoms with Crippen LogP contribution in [0.25, 0.3) is 0 Å². The average Bonchev–Trinajstić information content (AvgIpc) is 2.27. The predicted octanol–water partition coefficient (Wildman–Crippen LogP) is 3.48. The van der Waals surface area contributed by atoms with Crippen LogP contribution in [-0.2, 0) is 34.9 Å². The van der Waals surface area contributed by atoms with Crippen molar-refractivity contribution in [2.45, 2.75) is 13.8 Å². The van der Waals surface area contributed by atoms with Crippen molar-refractivity contribution in [1.29, 1.82) is 0 Å². The molecule has 0 fully saturated rings. The molecule has 0 amide bonds. The van der Waals surface area contributed by atoms with Crippen LogP contribution in [0.4, 0.5) is 0 Å². The minimum atomic E-state index is -0.998. The van der Waals surface area contributed by atoms with Gasteiger partial charge in [-0.15, -0.1) is 0 Å². The summed E-state index contributed by atoms with van der Waals surface area (Å²) >= 11 is 4.80. The molecule has 0 atom stereocenters. The first kappa shape index (κ1) is 13.2. The molecule has 1 aromatic carbocycles. The normalized spacial score (nSPS) is 11.0. The van der Waals surface area contributed by atoms with E-state index in [4.69, 9.17) is 11.8 Å². The molecule has 0 radical (unpaired) electrons. The fourth-order valence-electron chi connectivity index (χ4n) is 1.17. The Kier molecular flexibility index (Phi) is 6.30. The Morgan fingerprint density at radius 2 is 1.79 bits per heavy atom. The molecule has 74 valence electrons. The van der Waals surface area contributed by atoms with Crippen LogP contribution in [0.2, 0.25) is 0 Å². The molecule has 4 heteroatoms. The summed E-state index contributed by atoms with van der Waals surface area (Å²) in [7, 11) is 2.23. The third kappa shape index (κ3) is 4.34. The molecule has 0 nitrogen and oxygen atoms in total. The van der Waals surface area contributed by atoms with Crippen LogP contribution < -0.4 is 3.07 Å². The number of rotatable bonds is 5. The topological polar surface area (TPSA) is 0 Å². The standard InChI is InChI=1S/C6H5.C4H11PS2.Hg/c1-2-4-6-5-3-1;1-3-5(6,7)4-2;/h1-5H;3-4H2,1-2H3,(H,6,7);/q;;+1/p-1. The monoisotopic (exact) mass is 432 g/mol. The van der Waals surface area contributed by atoms with Gasteiger partial charge in [0, 0.05) is 0 Å². The molecule has 1 rings (SSSR count). The van der Waals surface area contributed by atoms with Crippen LogP contribution >= 0.6 is 13.1 Å². The number of hydrogen-bond donors (Lipinski definition) is 0. The van der Waals surface area contributed by atoms with E-state index in [1.54, 1.807) is 3.07 Å². The van der Waals surface area contributed by atoms with E-state index in [9.17, 15) is 0 Å². The van der Waals surface area contributed by atoms with Crippen LogP contribution in [0.1, 0.15) is 13.8 Å². The average molecular weight is 431 g/mol. The van der Waals surface area contributed by atoms with E-state index < -0.39 is 28.3 Å².